The molecule has 1 atom stereocenters. The fourth-order valence-corrected chi connectivity index (χ4v) is 4.75. The molecule has 4 rings (SSSR count). The second kappa shape index (κ2) is 12.6. The molecule has 1 aliphatic rings. The lowest BCUT2D eigenvalue weighted by Crippen LogP contribution is -2.36. The van der Waals surface area contributed by atoms with Crippen LogP contribution in [0.2, 0.25) is 0 Å². The fourth-order valence-electron chi connectivity index (χ4n) is 4.70. The first kappa shape index (κ1) is 25.8. The van der Waals surface area contributed by atoms with Gasteiger partial charge in [-0.25, -0.2) is 0 Å². The van der Waals surface area contributed by atoms with Crippen LogP contribution < -0.4 is 15.5 Å². The van der Waals surface area contributed by atoms with Crippen molar-refractivity contribution >= 4 is 34.8 Å². The van der Waals surface area contributed by atoms with E-state index < -0.39 is 5.38 Å². The van der Waals surface area contributed by atoms with Crippen LogP contribution in [0.4, 0.5) is 11.4 Å². The number of hydrogen-bond acceptors (Lipinski definition) is 3. The third-order valence-electron chi connectivity index (χ3n) is 6.73. The topological polar surface area (TPSA) is 61.4 Å². The van der Waals surface area contributed by atoms with Crippen LogP contribution in [0.5, 0.6) is 0 Å². The van der Waals surface area contributed by atoms with Crippen molar-refractivity contribution in [2.24, 2.45) is 5.92 Å². The molecule has 1 heterocycles. The summed E-state index contributed by atoms with van der Waals surface area (Å²) in [6.45, 7) is 3.96. The van der Waals surface area contributed by atoms with Gasteiger partial charge in [0.15, 0.2) is 0 Å². The Morgan fingerprint density at radius 2 is 1.58 bits per heavy atom. The number of nitrogens with one attached hydrogen (secondary N) is 2. The maximum atomic E-state index is 13.3. The van der Waals surface area contributed by atoms with E-state index >= 15 is 0 Å². The Morgan fingerprint density at radius 1 is 0.944 bits per heavy atom. The lowest BCUT2D eigenvalue weighted by atomic mass is 9.89. The zero-order valence-electron chi connectivity index (χ0n) is 20.8. The Morgan fingerprint density at radius 3 is 2.22 bits per heavy atom. The Bertz CT molecular complexity index is 1140. The summed E-state index contributed by atoms with van der Waals surface area (Å²) in [5.74, 6) is 0.208. The molecule has 1 fully saturated rings. The quantitative estimate of drug-likeness (QED) is 0.369. The van der Waals surface area contributed by atoms with Crippen molar-refractivity contribution in [3.63, 3.8) is 0 Å². The van der Waals surface area contributed by atoms with Crippen LogP contribution in [-0.4, -0.2) is 36.8 Å². The van der Waals surface area contributed by atoms with Gasteiger partial charge in [0.25, 0.3) is 5.91 Å². The van der Waals surface area contributed by atoms with Crippen LogP contribution in [0, 0.1) is 5.92 Å². The third kappa shape index (κ3) is 7.11. The molecule has 36 heavy (non-hydrogen) atoms. The smallest absolute Gasteiger partial charge is 0.253 e. The summed E-state index contributed by atoms with van der Waals surface area (Å²) in [7, 11) is 0. The summed E-state index contributed by atoms with van der Waals surface area (Å²) in [4.78, 5) is 27.7. The van der Waals surface area contributed by atoms with Crippen molar-refractivity contribution < 1.29 is 9.59 Å². The Balaban J connectivity index is 1.45. The average molecular weight is 504 g/mol. The van der Waals surface area contributed by atoms with Crippen LogP contribution >= 0.6 is 11.6 Å². The van der Waals surface area contributed by atoms with Gasteiger partial charge < -0.3 is 15.5 Å². The lowest BCUT2D eigenvalue weighted by Gasteiger charge is -2.35. The molecule has 188 valence electrons. The van der Waals surface area contributed by atoms with Crippen molar-refractivity contribution in [2.75, 3.05) is 29.9 Å². The molecule has 0 aromatic heterocycles. The normalized spacial score (nSPS) is 14.8. The highest BCUT2D eigenvalue weighted by atomic mass is 35.5. The molecule has 0 bridgehead atoms. The molecule has 0 unspecified atom stereocenters. The van der Waals surface area contributed by atoms with Crippen LogP contribution in [0.1, 0.15) is 41.3 Å². The van der Waals surface area contributed by atoms with Crippen molar-refractivity contribution in [1.29, 1.82) is 0 Å². The molecule has 3 aromatic carbocycles. The molecule has 1 aliphatic heterocycles. The molecule has 0 radical (unpaired) electrons. The number of benzene rings is 3. The molecular weight excluding hydrogens is 470 g/mol. The fraction of sp³-hybridized carbons (Fsp3) is 0.333. The predicted molar refractivity (Wildman–Crippen MR) is 148 cm³/mol. The number of halogens is 1. The lowest BCUT2D eigenvalue weighted by molar-refractivity contribution is -0.115. The molecule has 0 aliphatic carbocycles. The van der Waals surface area contributed by atoms with E-state index in [9.17, 15) is 9.59 Å². The summed E-state index contributed by atoms with van der Waals surface area (Å²) in [6, 6.07) is 26.3. The summed E-state index contributed by atoms with van der Waals surface area (Å²) < 4.78 is 0. The Labute approximate surface area is 218 Å². The van der Waals surface area contributed by atoms with Gasteiger partial charge >= 0.3 is 0 Å². The van der Waals surface area contributed by atoms with E-state index in [0.29, 0.717) is 23.7 Å². The molecule has 0 spiro atoms. The van der Waals surface area contributed by atoms with Gasteiger partial charge in [0, 0.05) is 31.0 Å². The zero-order valence-corrected chi connectivity index (χ0v) is 21.5. The first-order chi connectivity index (χ1) is 17.5. The number of amides is 2. The van der Waals surface area contributed by atoms with E-state index in [2.05, 4.69) is 58.0 Å². The summed E-state index contributed by atoms with van der Waals surface area (Å²) >= 11 is 5.93. The average Bonchev–Trinajstić information content (AvgIpc) is 2.90. The highest BCUT2D eigenvalue weighted by Crippen LogP contribution is 2.30. The van der Waals surface area contributed by atoms with Gasteiger partial charge in [0.1, 0.15) is 5.38 Å². The molecule has 2 N–H and O–H groups in total. The number of anilines is 2. The SMILES string of the molecule is C[C@H](Cl)C(=O)Nc1ccc(N2CCC(Cc3ccccc3)CC2)c(C(=O)NCCc2ccccc2)c1. The number of hydrogen-bond donors (Lipinski definition) is 2. The van der Waals surface area contributed by atoms with Gasteiger partial charge in [-0.3, -0.25) is 9.59 Å². The van der Waals surface area contributed by atoms with Gasteiger partial charge in [-0.15, -0.1) is 11.6 Å². The van der Waals surface area contributed by atoms with Crippen LogP contribution in [0.25, 0.3) is 0 Å². The first-order valence-electron chi connectivity index (χ1n) is 12.7. The minimum absolute atomic E-state index is 0.137. The number of alkyl halides is 1. The van der Waals surface area contributed by atoms with Gasteiger partial charge in [0.05, 0.1) is 5.56 Å². The number of rotatable bonds is 9. The summed E-state index contributed by atoms with van der Waals surface area (Å²) in [5.41, 5.74) is 4.61. The molecule has 0 saturated carbocycles. The van der Waals surface area contributed by atoms with E-state index in [1.807, 2.05) is 30.3 Å². The Kier molecular flexibility index (Phi) is 9.01. The van der Waals surface area contributed by atoms with Gasteiger partial charge in [0.2, 0.25) is 5.91 Å². The summed E-state index contributed by atoms with van der Waals surface area (Å²) in [6.07, 6.45) is 3.99. The van der Waals surface area contributed by atoms with E-state index in [0.717, 1.165) is 44.5 Å². The van der Waals surface area contributed by atoms with Gasteiger partial charge in [-0.2, -0.15) is 0 Å². The zero-order chi connectivity index (χ0) is 25.3. The van der Waals surface area contributed by atoms with Gasteiger partial charge in [-0.05, 0) is 67.9 Å². The van der Waals surface area contributed by atoms with Gasteiger partial charge in [-0.1, -0.05) is 60.7 Å². The number of nitrogens with zero attached hydrogens (tertiary/aromatic N) is 1. The molecule has 3 aromatic rings. The molecule has 2 amide bonds. The summed E-state index contributed by atoms with van der Waals surface area (Å²) in [5, 5.41) is 5.22. The van der Waals surface area contributed by atoms with Crippen molar-refractivity contribution in [3.8, 4) is 0 Å². The van der Waals surface area contributed by atoms with Crippen molar-refractivity contribution in [1.82, 2.24) is 5.32 Å². The molecule has 6 heteroatoms. The third-order valence-corrected chi connectivity index (χ3v) is 6.93. The van der Waals surface area contributed by atoms with E-state index in [4.69, 9.17) is 11.6 Å². The molecule has 1 saturated heterocycles. The monoisotopic (exact) mass is 503 g/mol. The van der Waals surface area contributed by atoms with E-state index in [1.54, 1.807) is 13.0 Å². The minimum atomic E-state index is -0.656. The number of piperidine rings is 1. The maximum absolute atomic E-state index is 13.3. The molecule has 5 nitrogen and oxygen atoms in total. The van der Waals surface area contributed by atoms with E-state index in [1.165, 1.54) is 11.1 Å². The predicted octanol–water partition coefficient (Wildman–Crippen LogP) is 5.68. The highest BCUT2D eigenvalue weighted by Gasteiger charge is 2.24. The largest absolute Gasteiger partial charge is 0.371 e. The Hall–Kier alpha value is -3.31. The second-order valence-corrected chi connectivity index (χ2v) is 10.1. The first-order valence-corrected chi connectivity index (χ1v) is 13.1. The molecular formula is C30H34ClN3O2. The van der Waals surface area contributed by atoms with Crippen molar-refractivity contribution in [3.05, 3.63) is 95.6 Å². The van der Waals surface area contributed by atoms with Crippen LogP contribution in [-0.2, 0) is 17.6 Å². The number of carbonyl (C=O) groups is 2. The minimum Gasteiger partial charge on any atom is -0.371 e. The van der Waals surface area contributed by atoms with Crippen molar-refractivity contribution in [2.45, 2.75) is 38.0 Å². The maximum Gasteiger partial charge on any atom is 0.253 e. The van der Waals surface area contributed by atoms with Crippen LogP contribution in [0.3, 0.4) is 0 Å². The highest BCUT2D eigenvalue weighted by molar-refractivity contribution is 6.32. The number of carbonyl (C=O) groups excluding carboxylic acids is 2. The van der Waals surface area contributed by atoms with Crippen LogP contribution in [0.15, 0.2) is 78.9 Å². The standard InChI is InChI=1S/C30H34ClN3O2/c1-22(31)29(35)33-26-12-13-28(27(21-26)30(36)32-17-14-23-8-4-2-5-9-23)34-18-15-25(16-19-34)20-24-10-6-3-7-11-24/h2-13,21-22,25H,14-20H2,1H3,(H,32,36)(H,33,35)/t22-/m0/s1. The van der Waals surface area contributed by atoms with E-state index in [-0.39, 0.29) is 11.8 Å². The second-order valence-electron chi connectivity index (χ2n) is 9.45.